The largest absolute Gasteiger partial charge is 0.497 e. The quantitative estimate of drug-likeness (QED) is 0.638. The second-order valence-electron chi connectivity index (χ2n) is 5.09. The Morgan fingerprint density at radius 2 is 2.21 bits per heavy atom. The monoisotopic (exact) mass is 340 g/mol. The molecule has 24 heavy (non-hydrogen) atoms. The topological polar surface area (TPSA) is 76.9 Å². The van der Waals surface area contributed by atoms with Gasteiger partial charge in [-0.05, 0) is 31.2 Å². The molecule has 0 bridgehead atoms. The van der Waals surface area contributed by atoms with Gasteiger partial charge in [0.05, 0.1) is 31.2 Å². The van der Waals surface area contributed by atoms with Crippen LogP contribution in [0.15, 0.2) is 52.2 Å². The van der Waals surface area contributed by atoms with E-state index in [9.17, 15) is 0 Å². The highest BCUT2D eigenvalue weighted by Gasteiger charge is 2.18. The van der Waals surface area contributed by atoms with Gasteiger partial charge in [0.1, 0.15) is 11.5 Å². The number of nitriles is 1. The van der Waals surface area contributed by atoms with Crippen LogP contribution in [0.4, 0.5) is 0 Å². The Morgan fingerprint density at radius 1 is 1.33 bits per heavy atom. The fourth-order valence-electron chi connectivity index (χ4n) is 2.24. The van der Waals surface area contributed by atoms with Gasteiger partial charge in [-0.1, -0.05) is 23.9 Å². The van der Waals surface area contributed by atoms with Gasteiger partial charge >= 0.3 is 0 Å². The first kappa shape index (κ1) is 16.1. The molecule has 0 aliphatic carbocycles. The number of hydrogen-bond acceptors (Lipinski definition) is 6. The molecule has 0 radical (unpaired) electrons. The molecule has 0 amide bonds. The number of aromatic nitrogens is 3. The van der Waals surface area contributed by atoms with Crippen LogP contribution in [0.2, 0.25) is 0 Å². The summed E-state index contributed by atoms with van der Waals surface area (Å²) < 4.78 is 12.7. The molecule has 3 aromatic rings. The second-order valence-corrected chi connectivity index (χ2v) is 6.40. The van der Waals surface area contributed by atoms with Crippen molar-refractivity contribution in [1.82, 2.24) is 14.8 Å². The third-order valence-corrected chi connectivity index (χ3v) is 4.37. The van der Waals surface area contributed by atoms with Crippen LogP contribution in [0.25, 0.3) is 11.4 Å². The summed E-state index contributed by atoms with van der Waals surface area (Å²) in [4.78, 5) is 0. The van der Waals surface area contributed by atoms with Gasteiger partial charge in [-0.2, -0.15) is 5.26 Å². The highest BCUT2D eigenvalue weighted by molar-refractivity contribution is 8.00. The van der Waals surface area contributed by atoms with Gasteiger partial charge in [0.2, 0.25) is 0 Å². The van der Waals surface area contributed by atoms with Crippen LogP contribution in [-0.2, 0) is 6.54 Å². The van der Waals surface area contributed by atoms with Crippen molar-refractivity contribution in [1.29, 1.82) is 5.26 Å². The number of benzene rings is 1. The zero-order chi connectivity index (χ0) is 16.9. The zero-order valence-corrected chi connectivity index (χ0v) is 14.2. The minimum atomic E-state index is -0.220. The van der Waals surface area contributed by atoms with Gasteiger partial charge in [0.15, 0.2) is 11.0 Å². The highest BCUT2D eigenvalue weighted by Crippen LogP contribution is 2.29. The van der Waals surface area contributed by atoms with E-state index in [1.54, 1.807) is 13.4 Å². The second kappa shape index (κ2) is 7.23. The van der Waals surface area contributed by atoms with Crippen LogP contribution in [0.1, 0.15) is 12.7 Å². The summed E-state index contributed by atoms with van der Waals surface area (Å²) in [6.45, 7) is 2.33. The SMILES string of the molecule is COc1cccc(-c2nnc(SC(C)C#N)n2Cc2ccco2)c1. The average Bonchev–Trinajstić information content (AvgIpc) is 3.26. The molecule has 2 heterocycles. The molecule has 6 nitrogen and oxygen atoms in total. The molecule has 1 aromatic carbocycles. The molecule has 1 atom stereocenters. The van der Waals surface area contributed by atoms with Gasteiger partial charge in [0.25, 0.3) is 0 Å². The fraction of sp³-hybridized carbons (Fsp3) is 0.235. The first-order valence-corrected chi connectivity index (χ1v) is 8.25. The predicted molar refractivity (Wildman–Crippen MR) is 90.8 cm³/mol. The van der Waals surface area contributed by atoms with Crippen molar-refractivity contribution in [3.63, 3.8) is 0 Å². The number of rotatable bonds is 6. The molecule has 3 rings (SSSR count). The Labute approximate surface area is 144 Å². The summed E-state index contributed by atoms with van der Waals surface area (Å²) >= 11 is 1.37. The van der Waals surface area contributed by atoms with Crippen molar-refractivity contribution in [2.75, 3.05) is 7.11 Å². The molecule has 0 aliphatic rings. The van der Waals surface area contributed by atoms with Gasteiger partial charge in [-0.15, -0.1) is 10.2 Å². The van der Waals surface area contributed by atoms with Crippen molar-refractivity contribution in [3.05, 3.63) is 48.4 Å². The third kappa shape index (κ3) is 3.44. The number of ether oxygens (including phenoxy) is 1. The van der Waals surface area contributed by atoms with E-state index in [-0.39, 0.29) is 5.25 Å². The minimum absolute atomic E-state index is 0.220. The Kier molecular flexibility index (Phi) is 4.87. The van der Waals surface area contributed by atoms with Gasteiger partial charge in [0, 0.05) is 5.56 Å². The smallest absolute Gasteiger partial charge is 0.193 e. The molecule has 0 saturated carbocycles. The minimum Gasteiger partial charge on any atom is -0.497 e. The number of nitrogens with zero attached hydrogens (tertiary/aromatic N) is 4. The molecule has 7 heteroatoms. The molecule has 122 valence electrons. The van der Waals surface area contributed by atoms with E-state index >= 15 is 0 Å². The Bertz CT molecular complexity index is 852. The summed E-state index contributed by atoms with van der Waals surface area (Å²) in [6, 6.07) is 13.6. The van der Waals surface area contributed by atoms with E-state index in [1.165, 1.54) is 11.8 Å². The van der Waals surface area contributed by atoms with Crippen LogP contribution >= 0.6 is 11.8 Å². The van der Waals surface area contributed by atoms with E-state index in [1.807, 2.05) is 47.9 Å². The third-order valence-electron chi connectivity index (χ3n) is 3.40. The molecule has 0 saturated heterocycles. The summed E-state index contributed by atoms with van der Waals surface area (Å²) in [5.74, 6) is 2.25. The zero-order valence-electron chi connectivity index (χ0n) is 13.3. The van der Waals surface area contributed by atoms with Crippen LogP contribution < -0.4 is 4.74 Å². The molecule has 0 spiro atoms. The average molecular weight is 340 g/mol. The van der Waals surface area contributed by atoms with Crippen molar-refractivity contribution in [2.24, 2.45) is 0 Å². The van der Waals surface area contributed by atoms with Crippen molar-refractivity contribution >= 4 is 11.8 Å². The van der Waals surface area contributed by atoms with Gasteiger partial charge in [-0.25, -0.2) is 0 Å². The van der Waals surface area contributed by atoms with Crippen molar-refractivity contribution in [2.45, 2.75) is 23.9 Å². The Balaban J connectivity index is 2.03. The van der Waals surface area contributed by atoms with Gasteiger partial charge < -0.3 is 9.15 Å². The Morgan fingerprint density at radius 3 is 2.92 bits per heavy atom. The van der Waals surface area contributed by atoms with Crippen LogP contribution in [0.5, 0.6) is 5.75 Å². The number of methoxy groups -OCH3 is 1. The number of hydrogen-bond donors (Lipinski definition) is 0. The van der Waals surface area contributed by atoms with Gasteiger partial charge in [-0.3, -0.25) is 4.57 Å². The lowest BCUT2D eigenvalue weighted by atomic mass is 10.2. The first-order valence-electron chi connectivity index (χ1n) is 7.37. The van der Waals surface area contributed by atoms with Crippen molar-refractivity contribution in [3.8, 4) is 23.2 Å². The molecule has 2 aromatic heterocycles. The van der Waals surface area contributed by atoms with E-state index in [0.29, 0.717) is 17.5 Å². The maximum absolute atomic E-state index is 9.07. The summed E-state index contributed by atoms with van der Waals surface area (Å²) in [5, 5.41) is 18.1. The number of thioether (sulfide) groups is 1. The highest BCUT2D eigenvalue weighted by atomic mass is 32.2. The number of furan rings is 1. The van der Waals surface area contributed by atoms with E-state index in [2.05, 4.69) is 16.3 Å². The standard InChI is InChI=1S/C17H16N4O2S/c1-12(10-18)24-17-20-19-16(13-5-3-6-14(9-13)22-2)21(17)11-15-7-4-8-23-15/h3-9,12H,11H2,1-2H3. The maximum atomic E-state index is 9.07. The normalized spacial score (nSPS) is 11.9. The molecule has 0 N–H and O–H groups in total. The summed E-state index contributed by atoms with van der Waals surface area (Å²) in [6.07, 6.45) is 1.63. The predicted octanol–water partition coefficient (Wildman–Crippen LogP) is 3.60. The molecule has 0 fully saturated rings. The van der Waals surface area contributed by atoms with E-state index in [4.69, 9.17) is 14.4 Å². The van der Waals surface area contributed by atoms with Crippen LogP contribution in [-0.4, -0.2) is 27.1 Å². The maximum Gasteiger partial charge on any atom is 0.193 e. The molecule has 1 unspecified atom stereocenters. The van der Waals surface area contributed by atoms with E-state index in [0.717, 1.165) is 17.1 Å². The molecule has 0 aliphatic heterocycles. The lowest BCUT2D eigenvalue weighted by Crippen LogP contribution is -2.05. The molecular formula is C17H16N4O2S. The van der Waals surface area contributed by atoms with Crippen LogP contribution in [0.3, 0.4) is 0 Å². The Hall–Kier alpha value is -2.72. The summed E-state index contributed by atoms with van der Waals surface area (Å²) in [5.41, 5.74) is 0.893. The van der Waals surface area contributed by atoms with E-state index < -0.39 is 0 Å². The fourth-order valence-corrected chi connectivity index (χ4v) is 2.97. The molecular weight excluding hydrogens is 324 g/mol. The van der Waals surface area contributed by atoms with Crippen LogP contribution in [0, 0.1) is 11.3 Å². The lowest BCUT2D eigenvalue weighted by Gasteiger charge is -2.10. The summed E-state index contributed by atoms with van der Waals surface area (Å²) in [7, 11) is 1.63. The van der Waals surface area contributed by atoms with Crippen molar-refractivity contribution < 1.29 is 9.15 Å². The first-order chi connectivity index (χ1) is 11.7. The lowest BCUT2D eigenvalue weighted by molar-refractivity contribution is 0.415.